The quantitative estimate of drug-likeness (QED) is 0.160. The zero-order chi connectivity index (χ0) is 31.8. The number of para-hydroxylation sites is 1. The molecule has 230 valence electrons. The average molecular weight is 655 g/mol. The Labute approximate surface area is 257 Å². The predicted octanol–water partition coefficient (Wildman–Crippen LogP) is 8.65. The lowest BCUT2D eigenvalue weighted by atomic mass is 9.92. The standard InChI is InChI=1S/C31H22Cl2F6N2O3/c32-21-6-5-17(26(33)15-21)13-22-16-23(44-29(43)25-7-9-40-27-4-2-1-3-24(25)27)8-10-41(22)28(42)18-11-19(30(34,35)36)14-20(12-18)31(37,38)39/h1-7,9,11-12,14-15,22-23H,8,10,13,16H2/t22-,23+/m1/s1. The molecule has 1 amide bonds. The lowest BCUT2D eigenvalue weighted by molar-refractivity contribution is -0.143. The van der Waals surface area contributed by atoms with E-state index in [1.807, 2.05) is 0 Å². The summed E-state index contributed by atoms with van der Waals surface area (Å²) in [6, 6.07) is 13.1. The number of nitrogens with zero attached hydrogens (tertiary/aromatic N) is 2. The molecule has 0 saturated carbocycles. The van der Waals surface area contributed by atoms with Gasteiger partial charge in [0.25, 0.3) is 5.91 Å². The molecule has 1 saturated heterocycles. The van der Waals surface area contributed by atoms with Gasteiger partial charge in [0.15, 0.2) is 0 Å². The molecule has 0 unspecified atom stereocenters. The molecule has 0 bridgehead atoms. The van der Waals surface area contributed by atoms with Crippen LogP contribution in [0.15, 0.2) is 72.9 Å². The number of pyridine rings is 1. The summed E-state index contributed by atoms with van der Waals surface area (Å²) in [6.45, 7) is -0.110. The first-order valence-corrected chi connectivity index (χ1v) is 14.1. The second-order valence-electron chi connectivity index (χ2n) is 10.3. The van der Waals surface area contributed by atoms with Gasteiger partial charge in [-0.2, -0.15) is 26.3 Å². The van der Waals surface area contributed by atoms with Crippen molar-refractivity contribution in [3.8, 4) is 0 Å². The highest BCUT2D eigenvalue weighted by atomic mass is 35.5. The van der Waals surface area contributed by atoms with E-state index in [1.165, 1.54) is 23.2 Å². The van der Waals surface area contributed by atoms with Crippen molar-refractivity contribution in [2.45, 2.75) is 43.8 Å². The predicted molar refractivity (Wildman–Crippen MR) is 152 cm³/mol. The van der Waals surface area contributed by atoms with Crippen molar-refractivity contribution < 1.29 is 40.7 Å². The summed E-state index contributed by atoms with van der Waals surface area (Å²) < 4.78 is 86.9. The van der Waals surface area contributed by atoms with Gasteiger partial charge < -0.3 is 9.64 Å². The van der Waals surface area contributed by atoms with E-state index in [0.717, 1.165) is 0 Å². The van der Waals surface area contributed by atoms with Gasteiger partial charge in [-0.1, -0.05) is 47.5 Å². The molecule has 5 nitrogen and oxygen atoms in total. The van der Waals surface area contributed by atoms with Crippen molar-refractivity contribution in [1.29, 1.82) is 0 Å². The molecule has 13 heteroatoms. The van der Waals surface area contributed by atoms with Crippen LogP contribution >= 0.6 is 23.2 Å². The summed E-state index contributed by atoms with van der Waals surface area (Å²) in [5.74, 6) is -1.66. The van der Waals surface area contributed by atoms with Gasteiger partial charge in [0, 0.05) is 52.6 Å². The van der Waals surface area contributed by atoms with Crippen LogP contribution in [0.4, 0.5) is 26.3 Å². The number of halogens is 8. The van der Waals surface area contributed by atoms with E-state index in [-0.39, 0.29) is 42.5 Å². The Balaban J connectivity index is 1.46. The lowest BCUT2D eigenvalue weighted by Crippen LogP contribution is -2.49. The topological polar surface area (TPSA) is 59.5 Å². The molecular weight excluding hydrogens is 633 g/mol. The largest absolute Gasteiger partial charge is 0.459 e. The molecule has 44 heavy (non-hydrogen) atoms. The Bertz CT molecular complexity index is 1690. The number of alkyl halides is 6. The van der Waals surface area contributed by atoms with Gasteiger partial charge in [-0.3, -0.25) is 9.78 Å². The summed E-state index contributed by atoms with van der Waals surface area (Å²) in [5.41, 5.74) is -2.57. The number of carbonyl (C=O) groups is 2. The summed E-state index contributed by atoms with van der Waals surface area (Å²) in [4.78, 5) is 32.3. The third-order valence-corrected chi connectivity index (χ3v) is 7.96. The summed E-state index contributed by atoms with van der Waals surface area (Å²) in [5, 5.41) is 1.17. The van der Waals surface area contributed by atoms with Gasteiger partial charge in [0.05, 0.1) is 22.2 Å². The summed E-state index contributed by atoms with van der Waals surface area (Å²) >= 11 is 12.4. The number of amides is 1. The maximum atomic E-state index is 13.6. The number of carbonyl (C=O) groups excluding carboxylic acids is 2. The van der Waals surface area contributed by atoms with E-state index in [9.17, 15) is 35.9 Å². The number of hydrogen-bond donors (Lipinski definition) is 0. The normalized spacial score (nSPS) is 17.5. The van der Waals surface area contributed by atoms with Gasteiger partial charge in [-0.15, -0.1) is 0 Å². The molecule has 0 radical (unpaired) electrons. The fourth-order valence-electron chi connectivity index (χ4n) is 5.26. The van der Waals surface area contributed by atoms with Crippen LogP contribution in [-0.2, 0) is 23.5 Å². The Hall–Kier alpha value is -3.83. The molecule has 5 rings (SSSR count). The Morgan fingerprint density at radius 3 is 2.25 bits per heavy atom. The van der Waals surface area contributed by atoms with E-state index >= 15 is 0 Å². The second-order valence-corrected chi connectivity index (χ2v) is 11.2. The van der Waals surface area contributed by atoms with Crippen LogP contribution in [0.25, 0.3) is 10.9 Å². The molecule has 3 aromatic carbocycles. The Kier molecular flexibility index (Phi) is 8.82. The van der Waals surface area contributed by atoms with E-state index in [0.29, 0.717) is 33.6 Å². The van der Waals surface area contributed by atoms with Crippen molar-refractivity contribution >= 4 is 46.0 Å². The monoisotopic (exact) mass is 654 g/mol. The van der Waals surface area contributed by atoms with Crippen LogP contribution in [0.3, 0.4) is 0 Å². The smallest absolute Gasteiger partial charge is 0.416 e. The minimum absolute atomic E-state index is 0.0315. The molecular formula is C31H22Cl2F6N2O3. The summed E-state index contributed by atoms with van der Waals surface area (Å²) in [7, 11) is 0. The molecule has 0 aliphatic carbocycles. The number of fused-ring (bicyclic) bond motifs is 1. The van der Waals surface area contributed by atoms with Crippen LogP contribution in [0.1, 0.15) is 50.2 Å². The zero-order valence-corrected chi connectivity index (χ0v) is 24.1. The minimum atomic E-state index is -5.12. The van der Waals surface area contributed by atoms with Crippen molar-refractivity contribution in [3.63, 3.8) is 0 Å². The number of likely N-dealkylation sites (tertiary alicyclic amines) is 1. The lowest BCUT2D eigenvalue weighted by Gasteiger charge is -2.39. The molecule has 1 aliphatic heterocycles. The maximum absolute atomic E-state index is 13.6. The Morgan fingerprint density at radius 1 is 0.909 bits per heavy atom. The third-order valence-electron chi connectivity index (χ3n) is 7.38. The van der Waals surface area contributed by atoms with Crippen LogP contribution in [0, 0.1) is 0 Å². The van der Waals surface area contributed by atoms with Crippen molar-refractivity contribution in [1.82, 2.24) is 9.88 Å². The number of piperidine rings is 1. The SMILES string of the molecule is O=C(O[C@H]1CCN(C(=O)c2cc(C(F)(F)F)cc(C(F)(F)F)c2)[C@H](Cc2ccc(Cl)cc2Cl)C1)c1ccnc2ccccc12. The fourth-order valence-corrected chi connectivity index (χ4v) is 5.74. The zero-order valence-electron chi connectivity index (χ0n) is 22.6. The molecule has 2 heterocycles. The molecule has 1 aromatic heterocycles. The number of ether oxygens (including phenoxy) is 1. The minimum Gasteiger partial charge on any atom is -0.459 e. The third kappa shape index (κ3) is 6.94. The van der Waals surface area contributed by atoms with Crippen LogP contribution in [-0.4, -0.2) is 40.5 Å². The van der Waals surface area contributed by atoms with Gasteiger partial charge in [-0.25, -0.2) is 4.79 Å². The number of aromatic nitrogens is 1. The highest BCUT2D eigenvalue weighted by Gasteiger charge is 2.40. The number of esters is 1. The van der Waals surface area contributed by atoms with Crippen LogP contribution in [0.5, 0.6) is 0 Å². The van der Waals surface area contributed by atoms with E-state index in [2.05, 4.69) is 4.98 Å². The van der Waals surface area contributed by atoms with Crippen LogP contribution < -0.4 is 0 Å². The first-order chi connectivity index (χ1) is 20.7. The average Bonchev–Trinajstić information content (AvgIpc) is 2.97. The number of rotatable bonds is 5. The molecule has 1 fully saturated rings. The number of hydrogen-bond acceptors (Lipinski definition) is 4. The van der Waals surface area contributed by atoms with Crippen LogP contribution in [0.2, 0.25) is 10.0 Å². The van der Waals surface area contributed by atoms with Gasteiger partial charge in [-0.05, 0) is 54.4 Å². The van der Waals surface area contributed by atoms with Crippen molar-refractivity contribution in [3.05, 3.63) is 111 Å². The Morgan fingerprint density at radius 2 is 1.59 bits per heavy atom. The van der Waals surface area contributed by atoms with Gasteiger partial charge in [0.1, 0.15) is 6.10 Å². The van der Waals surface area contributed by atoms with Gasteiger partial charge in [0.2, 0.25) is 0 Å². The van der Waals surface area contributed by atoms with E-state index < -0.39 is 53.1 Å². The molecule has 2 atom stereocenters. The van der Waals surface area contributed by atoms with Crippen molar-refractivity contribution in [2.24, 2.45) is 0 Å². The first kappa shape index (κ1) is 31.6. The highest BCUT2D eigenvalue weighted by molar-refractivity contribution is 6.35. The van der Waals surface area contributed by atoms with Gasteiger partial charge >= 0.3 is 18.3 Å². The van der Waals surface area contributed by atoms with E-state index in [4.69, 9.17) is 27.9 Å². The first-order valence-electron chi connectivity index (χ1n) is 13.3. The molecule has 0 spiro atoms. The highest BCUT2D eigenvalue weighted by Crippen LogP contribution is 2.37. The summed E-state index contributed by atoms with van der Waals surface area (Å²) in [6.07, 6.45) is -9.28. The molecule has 0 N–H and O–H groups in total. The molecule has 4 aromatic rings. The van der Waals surface area contributed by atoms with E-state index in [1.54, 1.807) is 36.4 Å². The number of benzene rings is 3. The fraction of sp³-hybridized carbons (Fsp3) is 0.258. The second kappa shape index (κ2) is 12.3. The van der Waals surface area contributed by atoms with Crippen molar-refractivity contribution in [2.75, 3.05) is 6.54 Å². The molecule has 1 aliphatic rings. The maximum Gasteiger partial charge on any atom is 0.416 e.